The summed E-state index contributed by atoms with van der Waals surface area (Å²) in [6.07, 6.45) is -2.33. The lowest BCUT2D eigenvalue weighted by Gasteiger charge is -2.12. The molecule has 32 heavy (non-hydrogen) atoms. The van der Waals surface area contributed by atoms with Crippen LogP contribution in [0.3, 0.4) is 0 Å². The lowest BCUT2D eigenvalue weighted by Crippen LogP contribution is -2.42. The Hall–Kier alpha value is -3.08. The van der Waals surface area contributed by atoms with Crippen LogP contribution in [0.4, 0.5) is 22.4 Å². The molecule has 7 nitrogen and oxygen atoms in total. The minimum absolute atomic E-state index is 0.0110. The quantitative estimate of drug-likeness (QED) is 0.582. The molecule has 1 unspecified atom stereocenters. The Balaban J connectivity index is 0.000000427. The number of halogens is 4. The van der Waals surface area contributed by atoms with Gasteiger partial charge in [-0.15, -0.1) is 0 Å². The lowest BCUT2D eigenvalue weighted by molar-refractivity contribution is -0.154. The third-order valence-electron chi connectivity index (χ3n) is 3.75. The van der Waals surface area contributed by atoms with Crippen LogP contribution in [0, 0.1) is 5.82 Å². The minimum atomic E-state index is -4.42. The highest BCUT2D eigenvalue weighted by atomic mass is 19.4. The fraction of sp³-hybridized carbons (Fsp3) is 0.429. The highest BCUT2D eigenvalue weighted by Gasteiger charge is 2.28. The van der Waals surface area contributed by atoms with E-state index >= 15 is 0 Å². The molecule has 11 heteroatoms. The number of alkyl halides is 3. The number of phenols is 1. The summed E-state index contributed by atoms with van der Waals surface area (Å²) in [7, 11) is 0. The van der Waals surface area contributed by atoms with Crippen LogP contribution in [0.2, 0.25) is 0 Å². The molecular formula is C21H27F4N3O4. The lowest BCUT2D eigenvalue weighted by atomic mass is 10.2. The van der Waals surface area contributed by atoms with E-state index in [2.05, 4.69) is 20.4 Å². The number of amides is 2. The standard InChI is InChI=1S/C13H16F3N3O3.C6H5FO.C2H6/c14-13(15,16)8-22-11-5-9(1-3-17-11)6-18-12(20)19-10-2-4-21-7-10;7-5-3-1-2-4-6(5)8;1-2/h1,3,5,10H,2,4,6-8H2,(H2,18,19,20);1-4,8H;1-2H3. The molecule has 1 saturated heterocycles. The fourth-order valence-corrected chi connectivity index (χ4v) is 2.31. The van der Waals surface area contributed by atoms with Gasteiger partial charge in [0.25, 0.3) is 0 Å². The smallest absolute Gasteiger partial charge is 0.422 e. The van der Waals surface area contributed by atoms with E-state index in [1.54, 1.807) is 12.1 Å². The molecular weight excluding hydrogens is 434 g/mol. The van der Waals surface area contributed by atoms with Crippen molar-refractivity contribution in [1.82, 2.24) is 15.6 Å². The Bertz CT molecular complexity index is 795. The zero-order chi connectivity index (χ0) is 24.0. The van der Waals surface area contributed by atoms with E-state index in [1.165, 1.54) is 30.5 Å². The number of pyridine rings is 1. The summed E-state index contributed by atoms with van der Waals surface area (Å²) in [5, 5.41) is 13.9. The number of nitrogens with one attached hydrogen (secondary N) is 2. The molecule has 1 aromatic carbocycles. The Morgan fingerprint density at radius 2 is 2.00 bits per heavy atom. The highest BCUT2D eigenvalue weighted by Crippen LogP contribution is 2.17. The molecule has 2 aromatic rings. The van der Waals surface area contributed by atoms with E-state index in [4.69, 9.17) is 9.84 Å². The van der Waals surface area contributed by atoms with Gasteiger partial charge in [0, 0.05) is 25.4 Å². The zero-order valence-electron chi connectivity index (χ0n) is 17.8. The SMILES string of the molecule is CC.O=C(NCc1ccnc(OCC(F)(F)F)c1)NC1CCOC1.Oc1ccccc1F. The average Bonchev–Trinajstić information content (AvgIpc) is 3.28. The first-order valence-electron chi connectivity index (χ1n) is 9.93. The van der Waals surface area contributed by atoms with Crippen LogP contribution in [-0.2, 0) is 11.3 Å². The van der Waals surface area contributed by atoms with Crippen molar-refractivity contribution in [3.63, 3.8) is 0 Å². The predicted octanol–water partition coefficient (Wildman–Crippen LogP) is 4.17. The molecule has 1 fully saturated rings. The highest BCUT2D eigenvalue weighted by molar-refractivity contribution is 5.74. The molecule has 1 atom stereocenters. The number of ether oxygens (including phenoxy) is 2. The normalized spacial score (nSPS) is 14.9. The Kier molecular flexibility index (Phi) is 11.9. The van der Waals surface area contributed by atoms with Crippen LogP contribution in [-0.4, -0.2) is 48.2 Å². The number of benzene rings is 1. The zero-order valence-corrected chi connectivity index (χ0v) is 17.8. The van der Waals surface area contributed by atoms with Crippen molar-refractivity contribution in [3.8, 4) is 11.6 Å². The molecule has 2 amide bonds. The van der Waals surface area contributed by atoms with Crippen molar-refractivity contribution in [3.05, 3.63) is 54.0 Å². The Labute approximate surface area is 183 Å². The topological polar surface area (TPSA) is 92.7 Å². The number of urea groups is 1. The third-order valence-corrected chi connectivity index (χ3v) is 3.75. The van der Waals surface area contributed by atoms with Gasteiger partial charge in [0.2, 0.25) is 5.88 Å². The second kappa shape index (κ2) is 14.1. The first-order valence-corrected chi connectivity index (χ1v) is 9.93. The summed E-state index contributed by atoms with van der Waals surface area (Å²) in [4.78, 5) is 15.3. The van der Waals surface area contributed by atoms with Crippen LogP contribution < -0.4 is 15.4 Å². The van der Waals surface area contributed by atoms with Crippen molar-refractivity contribution in [2.24, 2.45) is 0 Å². The first-order chi connectivity index (χ1) is 15.2. The van der Waals surface area contributed by atoms with Crippen molar-refractivity contribution in [1.29, 1.82) is 0 Å². The molecule has 3 N–H and O–H groups in total. The van der Waals surface area contributed by atoms with Gasteiger partial charge in [-0.3, -0.25) is 0 Å². The third kappa shape index (κ3) is 11.3. The van der Waals surface area contributed by atoms with E-state index in [0.717, 1.165) is 6.42 Å². The molecule has 3 rings (SSSR count). The number of aromatic hydroxyl groups is 1. The van der Waals surface area contributed by atoms with Gasteiger partial charge in [0.05, 0.1) is 12.6 Å². The minimum Gasteiger partial charge on any atom is -0.505 e. The number of nitrogens with zero attached hydrogens (tertiary/aromatic N) is 1. The van der Waals surface area contributed by atoms with E-state index in [-0.39, 0.29) is 30.2 Å². The molecule has 0 bridgehead atoms. The van der Waals surface area contributed by atoms with Gasteiger partial charge >= 0.3 is 12.2 Å². The summed E-state index contributed by atoms with van der Waals surface area (Å²) in [6, 6.07) is 8.16. The van der Waals surface area contributed by atoms with Gasteiger partial charge in [-0.05, 0) is 30.2 Å². The molecule has 0 radical (unpaired) electrons. The number of aromatic nitrogens is 1. The Morgan fingerprint density at radius 3 is 2.56 bits per heavy atom. The van der Waals surface area contributed by atoms with E-state index < -0.39 is 18.6 Å². The number of carbonyl (C=O) groups excluding carboxylic acids is 1. The number of hydrogen-bond acceptors (Lipinski definition) is 5. The monoisotopic (exact) mass is 461 g/mol. The second-order valence-corrected chi connectivity index (χ2v) is 6.25. The van der Waals surface area contributed by atoms with Crippen LogP contribution in [0.1, 0.15) is 25.8 Å². The summed E-state index contributed by atoms with van der Waals surface area (Å²) < 4.78 is 57.9. The number of hydrogen-bond donors (Lipinski definition) is 3. The van der Waals surface area contributed by atoms with E-state index in [9.17, 15) is 22.4 Å². The summed E-state index contributed by atoms with van der Waals surface area (Å²) in [6.45, 7) is 3.86. The van der Waals surface area contributed by atoms with Crippen molar-refractivity contribution >= 4 is 6.03 Å². The number of rotatable bonds is 5. The van der Waals surface area contributed by atoms with Crippen LogP contribution in [0.15, 0.2) is 42.6 Å². The van der Waals surface area contributed by atoms with Gasteiger partial charge in [-0.2, -0.15) is 13.2 Å². The van der Waals surface area contributed by atoms with Crippen LogP contribution >= 0.6 is 0 Å². The summed E-state index contributed by atoms with van der Waals surface area (Å²) in [5.41, 5.74) is 0.588. The van der Waals surface area contributed by atoms with Crippen LogP contribution in [0.5, 0.6) is 11.6 Å². The van der Waals surface area contributed by atoms with Crippen LogP contribution in [0.25, 0.3) is 0 Å². The number of carbonyl (C=O) groups is 1. The average molecular weight is 461 g/mol. The van der Waals surface area contributed by atoms with Crippen molar-refractivity contribution in [2.45, 2.75) is 39.0 Å². The molecule has 0 spiro atoms. The molecule has 1 aliphatic heterocycles. The van der Waals surface area contributed by atoms with E-state index in [0.29, 0.717) is 18.8 Å². The van der Waals surface area contributed by atoms with Gasteiger partial charge in [-0.1, -0.05) is 26.0 Å². The van der Waals surface area contributed by atoms with Gasteiger partial charge in [0.1, 0.15) is 0 Å². The second-order valence-electron chi connectivity index (χ2n) is 6.25. The maximum absolute atomic E-state index is 12.1. The molecule has 0 saturated carbocycles. The maximum atomic E-state index is 12.1. The largest absolute Gasteiger partial charge is 0.505 e. The molecule has 2 heterocycles. The summed E-state index contributed by atoms with van der Waals surface area (Å²) in [5.74, 6) is -1.01. The predicted molar refractivity (Wildman–Crippen MR) is 110 cm³/mol. The fourth-order valence-electron chi connectivity index (χ4n) is 2.31. The number of para-hydroxylation sites is 1. The molecule has 1 aromatic heterocycles. The molecule has 178 valence electrons. The number of phenolic OH excluding ortho intramolecular Hbond substituents is 1. The summed E-state index contributed by atoms with van der Waals surface area (Å²) >= 11 is 0. The van der Waals surface area contributed by atoms with Crippen molar-refractivity contribution in [2.75, 3.05) is 19.8 Å². The van der Waals surface area contributed by atoms with Gasteiger partial charge in [-0.25, -0.2) is 14.2 Å². The van der Waals surface area contributed by atoms with Gasteiger partial charge < -0.3 is 25.2 Å². The van der Waals surface area contributed by atoms with Gasteiger partial charge in [0.15, 0.2) is 18.2 Å². The first kappa shape index (κ1) is 27.0. The maximum Gasteiger partial charge on any atom is 0.422 e. The molecule has 0 aliphatic carbocycles. The van der Waals surface area contributed by atoms with Crippen molar-refractivity contribution < 1.29 is 36.9 Å². The van der Waals surface area contributed by atoms with E-state index in [1.807, 2.05) is 13.8 Å². The Morgan fingerprint density at radius 1 is 1.28 bits per heavy atom. The molecule has 1 aliphatic rings.